The van der Waals surface area contributed by atoms with Crippen molar-refractivity contribution in [3.05, 3.63) is 47.8 Å². The molecule has 0 atom stereocenters. The van der Waals surface area contributed by atoms with Crippen LogP contribution in [0, 0.1) is 0 Å². The van der Waals surface area contributed by atoms with E-state index in [2.05, 4.69) is 5.10 Å². The first-order chi connectivity index (χ1) is 9.15. The minimum Gasteiger partial charge on any atom is -0.399 e. The van der Waals surface area contributed by atoms with Gasteiger partial charge in [0, 0.05) is 18.4 Å². The molecular formula is C15H17N3O. The standard InChI is InChI=1S/C15H17N3O/c1-2-18-10-11(9-17-18)14(19)15(7-8-15)12-3-5-13(16)6-4-12/h3-6,9-10H,2,7-8,16H2,1H3. The van der Waals surface area contributed by atoms with E-state index in [9.17, 15) is 4.79 Å². The van der Waals surface area contributed by atoms with Gasteiger partial charge in [-0.1, -0.05) is 12.1 Å². The molecule has 0 amide bonds. The predicted molar refractivity (Wildman–Crippen MR) is 74.0 cm³/mol. The summed E-state index contributed by atoms with van der Waals surface area (Å²) in [7, 11) is 0. The largest absolute Gasteiger partial charge is 0.399 e. The Morgan fingerprint density at radius 2 is 2.05 bits per heavy atom. The predicted octanol–water partition coefficient (Wildman–Crippen LogP) is 2.40. The van der Waals surface area contributed by atoms with Crippen LogP contribution >= 0.6 is 0 Å². The van der Waals surface area contributed by atoms with E-state index in [-0.39, 0.29) is 11.2 Å². The Hall–Kier alpha value is -2.10. The van der Waals surface area contributed by atoms with E-state index in [1.165, 1.54) is 0 Å². The van der Waals surface area contributed by atoms with Gasteiger partial charge in [-0.25, -0.2) is 0 Å². The zero-order valence-electron chi connectivity index (χ0n) is 11.0. The number of rotatable bonds is 4. The second-order valence-corrected chi connectivity index (χ2v) is 5.12. The van der Waals surface area contributed by atoms with Crippen molar-refractivity contribution in [2.24, 2.45) is 0 Å². The minimum absolute atomic E-state index is 0.178. The lowest BCUT2D eigenvalue weighted by Gasteiger charge is -2.13. The van der Waals surface area contributed by atoms with Crippen molar-refractivity contribution >= 4 is 11.5 Å². The zero-order valence-corrected chi connectivity index (χ0v) is 11.0. The molecule has 0 radical (unpaired) electrons. The van der Waals surface area contributed by atoms with Crippen molar-refractivity contribution in [1.82, 2.24) is 9.78 Å². The summed E-state index contributed by atoms with van der Waals surface area (Å²) in [6.45, 7) is 2.79. The number of hydrogen-bond acceptors (Lipinski definition) is 3. The molecule has 0 saturated heterocycles. The number of aromatic nitrogens is 2. The summed E-state index contributed by atoms with van der Waals surface area (Å²) >= 11 is 0. The number of Topliss-reactive ketones (excluding diaryl/α,β-unsaturated/α-hetero) is 1. The summed E-state index contributed by atoms with van der Waals surface area (Å²) in [4.78, 5) is 12.7. The van der Waals surface area contributed by atoms with E-state index >= 15 is 0 Å². The minimum atomic E-state index is -0.338. The highest BCUT2D eigenvalue weighted by molar-refractivity contribution is 6.05. The Bertz CT molecular complexity index is 609. The number of carbonyl (C=O) groups is 1. The summed E-state index contributed by atoms with van der Waals surface area (Å²) in [6.07, 6.45) is 5.32. The molecule has 0 bridgehead atoms. The van der Waals surface area contributed by atoms with Gasteiger partial charge in [-0.3, -0.25) is 9.48 Å². The highest BCUT2D eigenvalue weighted by atomic mass is 16.1. The third kappa shape index (κ3) is 1.93. The molecule has 2 N–H and O–H groups in total. The fourth-order valence-electron chi connectivity index (χ4n) is 2.50. The van der Waals surface area contributed by atoms with Gasteiger partial charge in [-0.05, 0) is 37.5 Å². The van der Waals surface area contributed by atoms with E-state index in [1.54, 1.807) is 10.9 Å². The third-order valence-corrected chi connectivity index (χ3v) is 3.87. The quantitative estimate of drug-likeness (QED) is 0.674. The van der Waals surface area contributed by atoms with Crippen molar-refractivity contribution in [1.29, 1.82) is 0 Å². The third-order valence-electron chi connectivity index (χ3n) is 3.87. The van der Waals surface area contributed by atoms with Crippen LogP contribution in [0.15, 0.2) is 36.7 Å². The van der Waals surface area contributed by atoms with Crippen LogP contribution in [-0.4, -0.2) is 15.6 Å². The summed E-state index contributed by atoms with van der Waals surface area (Å²) in [5.41, 5.74) is 7.86. The average molecular weight is 255 g/mol. The van der Waals surface area contributed by atoms with Crippen LogP contribution in [-0.2, 0) is 12.0 Å². The molecule has 1 aromatic carbocycles. The van der Waals surface area contributed by atoms with Crippen molar-refractivity contribution in [2.45, 2.75) is 31.7 Å². The Morgan fingerprint density at radius 3 is 2.58 bits per heavy atom. The highest BCUT2D eigenvalue weighted by Crippen LogP contribution is 2.50. The van der Waals surface area contributed by atoms with E-state index < -0.39 is 0 Å². The summed E-state index contributed by atoms with van der Waals surface area (Å²) in [5.74, 6) is 0.178. The molecule has 4 nitrogen and oxygen atoms in total. The summed E-state index contributed by atoms with van der Waals surface area (Å²) in [6, 6.07) is 7.64. The van der Waals surface area contributed by atoms with Crippen LogP contribution in [0.1, 0.15) is 35.7 Å². The van der Waals surface area contributed by atoms with Gasteiger partial charge in [0.2, 0.25) is 0 Å². The maximum Gasteiger partial charge on any atom is 0.176 e. The van der Waals surface area contributed by atoms with Crippen molar-refractivity contribution in [2.75, 3.05) is 5.73 Å². The molecular weight excluding hydrogens is 238 g/mol. The van der Waals surface area contributed by atoms with Gasteiger partial charge in [0.1, 0.15) is 0 Å². The number of benzene rings is 1. The number of nitrogen functional groups attached to an aromatic ring is 1. The van der Waals surface area contributed by atoms with Crippen molar-refractivity contribution < 1.29 is 4.79 Å². The molecule has 0 aliphatic heterocycles. The van der Waals surface area contributed by atoms with E-state index in [0.29, 0.717) is 5.56 Å². The molecule has 1 saturated carbocycles. The molecule has 98 valence electrons. The van der Waals surface area contributed by atoms with Gasteiger partial charge in [-0.2, -0.15) is 5.10 Å². The number of nitrogens with zero attached hydrogens (tertiary/aromatic N) is 2. The molecule has 1 aliphatic rings. The number of aryl methyl sites for hydroxylation is 1. The molecule has 2 aromatic rings. The SMILES string of the molecule is CCn1cc(C(=O)C2(c3ccc(N)cc3)CC2)cn1. The molecule has 1 aliphatic carbocycles. The van der Waals surface area contributed by atoms with Gasteiger partial charge in [0.25, 0.3) is 0 Å². The number of ketones is 1. The number of hydrogen-bond donors (Lipinski definition) is 1. The maximum atomic E-state index is 12.7. The zero-order chi connectivity index (χ0) is 13.5. The summed E-state index contributed by atoms with van der Waals surface area (Å²) < 4.78 is 1.78. The van der Waals surface area contributed by atoms with Gasteiger partial charge < -0.3 is 5.73 Å². The maximum absolute atomic E-state index is 12.7. The molecule has 19 heavy (non-hydrogen) atoms. The van der Waals surface area contributed by atoms with Crippen LogP contribution in [0.3, 0.4) is 0 Å². The van der Waals surface area contributed by atoms with E-state index in [0.717, 1.165) is 30.6 Å². The smallest absolute Gasteiger partial charge is 0.176 e. The lowest BCUT2D eigenvalue weighted by atomic mass is 9.88. The van der Waals surface area contributed by atoms with Gasteiger partial charge in [-0.15, -0.1) is 0 Å². The number of anilines is 1. The first kappa shape index (κ1) is 12.0. The van der Waals surface area contributed by atoms with Crippen molar-refractivity contribution in [3.8, 4) is 0 Å². The van der Waals surface area contributed by atoms with Crippen LogP contribution in [0.5, 0.6) is 0 Å². The molecule has 3 rings (SSSR count). The molecule has 1 fully saturated rings. The number of nitrogens with two attached hydrogens (primary N) is 1. The first-order valence-corrected chi connectivity index (χ1v) is 6.59. The van der Waals surface area contributed by atoms with Gasteiger partial charge in [0.05, 0.1) is 17.2 Å². The Labute approximate surface area is 112 Å². The van der Waals surface area contributed by atoms with Crippen LogP contribution in [0.4, 0.5) is 5.69 Å². The topological polar surface area (TPSA) is 60.9 Å². The number of carbonyl (C=O) groups excluding carboxylic acids is 1. The molecule has 1 aromatic heterocycles. The molecule has 0 unspecified atom stereocenters. The average Bonchev–Trinajstić information content (AvgIpc) is 3.09. The molecule has 4 heteroatoms. The van der Waals surface area contributed by atoms with Gasteiger partial charge in [0.15, 0.2) is 5.78 Å². The molecule has 1 heterocycles. The van der Waals surface area contributed by atoms with Crippen molar-refractivity contribution in [3.63, 3.8) is 0 Å². The van der Waals surface area contributed by atoms with E-state index in [1.807, 2.05) is 37.4 Å². The van der Waals surface area contributed by atoms with Crippen LogP contribution < -0.4 is 5.73 Å². The fourth-order valence-corrected chi connectivity index (χ4v) is 2.50. The van der Waals surface area contributed by atoms with Gasteiger partial charge >= 0.3 is 0 Å². The first-order valence-electron chi connectivity index (χ1n) is 6.59. The second kappa shape index (κ2) is 4.23. The Kier molecular flexibility index (Phi) is 2.66. The second-order valence-electron chi connectivity index (χ2n) is 5.12. The highest BCUT2D eigenvalue weighted by Gasteiger charge is 2.51. The normalized spacial score (nSPS) is 16.3. The monoisotopic (exact) mass is 255 g/mol. The Morgan fingerprint density at radius 1 is 1.37 bits per heavy atom. The molecule has 0 spiro atoms. The fraction of sp³-hybridized carbons (Fsp3) is 0.333. The van der Waals surface area contributed by atoms with Crippen LogP contribution in [0.2, 0.25) is 0 Å². The Balaban J connectivity index is 1.92. The lowest BCUT2D eigenvalue weighted by molar-refractivity contribution is 0.0946. The van der Waals surface area contributed by atoms with E-state index in [4.69, 9.17) is 5.73 Å². The lowest BCUT2D eigenvalue weighted by Crippen LogP contribution is -2.20. The summed E-state index contributed by atoms with van der Waals surface area (Å²) in [5, 5.41) is 4.18. The van der Waals surface area contributed by atoms with Crippen LogP contribution in [0.25, 0.3) is 0 Å².